The van der Waals surface area contributed by atoms with Crippen molar-refractivity contribution in [1.29, 1.82) is 0 Å². The van der Waals surface area contributed by atoms with Gasteiger partial charge < -0.3 is 0 Å². The summed E-state index contributed by atoms with van der Waals surface area (Å²) in [5.41, 5.74) is 7.74. The minimum atomic E-state index is 0.0476. The first-order valence-corrected chi connectivity index (χ1v) is 16.3. The van der Waals surface area contributed by atoms with Crippen LogP contribution in [0, 0.1) is 18.4 Å². The molecule has 2 fully saturated rings. The summed E-state index contributed by atoms with van der Waals surface area (Å²) in [4.78, 5) is 1.37. The van der Waals surface area contributed by atoms with Crippen molar-refractivity contribution in [1.82, 2.24) is 0 Å². The molecule has 0 radical (unpaired) electrons. The molecule has 4 aromatic rings. The van der Waals surface area contributed by atoms with E-state index in [2.05, 4.69) is 99.8 Å². The van der Waals surface area contributed by atoms with Crippen LogP contribution >= 0.6 is 11.3 Å². The maximum atomic E-state index is 4.51. The van der Waals surface area contributed by atoms with Crippen LogP contribution in [0.2, 0.25) is 0 Å². The lowest BCUT2D eigenvalue weighted by Gasteiger charge is -2.43. The summed E-state index contributed by atoms with van der Waals surface area (Å²) < 4.78 is 3.62. The van der Waals surface area contributed by atoms with Crippen molar-refractivity contribution in [2.45, 2.75) is 96.8 Å². The largest absolute Gasteiger partial charge is 0.257 e. The van der Waals surface area contributed by atoms with E-state index in [0.29, 0.717) is 11.3 Å². The molecule has 3 aromatic carbocycles. The monoisotopic (exact) mass is 545 g/mol. The molecule has 0 atom stereocenters. The van der Waals surface area contributed by atoms with Gasteiger partial charge in [-0.15, -0.1) is 18.2 Å². The van der Waals surface area contributed by atoms with Crippen molar-refractivity contribution in [2.24, 2.45) is 5.41 Å². The maximum absolute atomic E-state index is 4.51. The van der Waals surface area contributed by atoms with Gasteiger partial charge in [0.05, 0.1) is 6.72 Å². The fourth-order valence-electron chi connectivity index (χ4n) is 8.20. The Morgan fingerprint density at radius 3 is 2.38 bits per heavy atom. The van der Waals surface area contributed by atoms with E-state index >= 15 is 0 Å². The molecule has 0 unspecified atom stereocenters. The average molecular weight is 546 g/mol. The lowest BCUT2D eigenvalue weighted by Crippen LogP contribution is -2.29. The Kier molecular flexibility index (Phi) is 6.27. The third kappa shape index (κ3) is 4.17. The number of fused-ring (bicyclic) bond motifs is 4. The number of benzene rings is 3. The summed E-state index contributed by atoms with van der Waals surface area (Å²) in [6.45, 7) is 13.8. The molecular formula is C38H43NS. The number of aryl methyl sites for hydroxylation is 1. The van der Waals surface area contributed by atoms with Gasteiger partial charge in [-0.2, -0.15) is 0 Å². The van der Waals surface area contributed by atoms with Gasteiger partial charge in [-0.05, 0) is 88.8 Å². The molecular weight excluding hydrogens is 502 g/mol. The van der Waals surface area contributed by atoms with Crippen LogP contribution in [0.15, 0.2) is 54.7 Å². The summed E-state index contributed by atoms with van der Waals surface area (Å²) in [6, 6.07) is 19.8. The molecule has 40 heavy (non-hydrogen) atoms. The van der Waals surface area contributed by atoms with E-state index in [1.807, 2.05) is 11.3 Å². The lowest BCUT2D eigenvalue weighted by atomic mass is 9.62. The topological polar surface area (TPSA) is 3.01 Å². The minimum Gasteiger partial charge on any atom is -0.257 e. The average Bonchev–Trinajstić information content (AvgIpc) is 3.33. The standard InChI is InChI=1S/C38H43NS/c1-25-27-12-7-8-13-29(27)33(37(2,3)4)24-32(25)34-36-31(18-23-39(34)5)30-15-11-14-28(35(30)40-36)26-16-21-38(22-17-26)19-9-6-10-20-38/h7-8,11-15,18,23-24,26H,5-6,9-10,16-17,19-22H2,1-4H3. The quantitative estimate of drug-likeness (QED) is 0.134. The number of hydrogen-bond donors (Lipinski definition) is 0. The van der Waals surface area contributed by atoms with Crippen molar-refractivity contribution in [2.75, 3.05) is 0 Å². The molecule has 0 amide bonds. The normalized spacial score (nSPS) is 19.6. The Morgan fingerprint density at radius 2 is 1.65 bits per heavy atom. The predicted molar refractivity (Wildman–Crippen MR) is 174 cm³/mol. The van der Waals surface area contributed by atoms with Crippen LogP contribution in [-0.4, -0.2) is 11.3 Å². The van der Waals surface area contributed by atoms with E-state index in [-0.39, 0.29) is 5.41 Å². The molecule has 206 valence electrons. The highest BCUT2D eigenvalue weighted by Crippen LogP contribution is 2.53. The second-order valence-electron chi connectivity index (χ2n) is 13.9. The minimum absolute atomic E-state index is 0.0476. The Bertz CT molecular complexity index is 1640. The molecule has 1 nitrogen and oxygen atoms in total. The highest BCUT2D eigenvalue weighted by molar-refractivity contribution is 7.20. The second-order valence-corrected chi connectivity index (χ2v) is 15.0. The molecule has 1 aliphatic heterocycles. The smallest absolute Gasteiger partial charge is 0.197 e. The molecule has 2 saturated carbocycles. The van der Waals surface area contributed by atoms with E-state index in [9.17, 15) is 0 Å². The number of rotatable bonds is 2. The van der Waals surface area contributed by atoms with Gasteiger partial charge in [-0.3, -0.25) is 4.58 Å². The van der Waals surface area contributed by atoms with Crippen LogP contribution in [0.25, 0.3) is 26.9 Å². The fraction of sp³-hybridized carbons (Fsp3) is 0.421. The predicted octanol–water partition coefficient (Wildman–Crippen LogP) is 10.9. The van der Waals surface area contributed by atoms with Gasteiger partial charge in [0.2, 0.25) is 0 Å². The molecule has 2 heteroatoms. The summed E-state index contributed by atoms with van der Waals surface area (Å²) in [5.74, 6) is 0.689. The zero-order valence-corrected chi connectivity index (χ0v) is 25.6. The third-order valence-electron chi connectivity index (χ3n) is 10.5. The maximum Gasteiger partial charge on any atom is 0.197 e. The Balaban J connectivity index is 1.34. The molecule has 2 aliphatic carbocycles. The Labute approximate surface area is 244 Å². The van der Waals surface area contributed by atoms with Crippen LogP contribution in [-0.2, 0) is 5.41 Å². The first kappa shape index (κ1) is 26.1. The summed E-state index contributed by atoms with van der Waals surface area (Å²) in [6.07, 6.45) is 17.3. The molecule has 0 saturated heterocycles. The van der Waals surface area contributed by atoms with Crippen molar-refractivity contribution in [3.8, 4) is 0 Å². The van der Waals surface area contributed by atoms with Gasteiger partial charge >= 0.3 is 0 Å². The summed E-state index contributed by atoms with van der Waals surface area (Å²) in [5, 5.41) is 4.14. The Hall–Kier alpha value is -2.84. The summed E-state index contributed by atoms with van der Waals surface area (Å²) >= 11 is 2.01. The van der Waals surface area contributed by atoms with Crippen molar-refractivity contribution < 1.29 is 4.58 Å². The molecule has 7 rings (SSSR count). The van der Waals surface area contributed by atoms with E-state index in [1.165, 1.54) is 112 Å². The zero-order valence-electron chi connectivity index (χ0n) is 24.8. The van der Waals surface area contributed by atoms with Gasteiger partial charge in [0.25, 0.3) is 0 Å². The summed E-state index contributed by atoms with van der Waals surface area (Å²) in [7, 11) is 0. The van der Waals surface area contributed by atoms with Crippen LogP contribution in [0.4, 0.5) is 0 Å². The van der Waals surface area contributed by atoms with Crippen LogP contribution in [0.3, 0.4) is 0 Å². The number of nitrogens with zero attached hydrogens (tertiary/aromatic N) is 1. The highest BCUT2D eigenvalue weighted by atomic mass is 32.1. The Morgan fingerprint density at radius 1 is 0.925 bits per heavy atom. The van der Waals surface area contributed by atoms with Gasteiger partial charge in [-0.1, -0.05) is 93.8 Å². The van der Waals surface area contributed by atoms with Gasteiger partial charge in [0, 0.05) is 0 Å². The molecule has 2 heterocycles. The number of hydrogen-bond acceptors (Lipinski definition) is 0. The molecule has 0 N–H and O–H groups in total. The van der Waals surface area contributed by atoms with Crippen molar-refractivity contribution in [3.05, 3.63) is 93.5 Å². The van der Waals surface area contributed by atoms with E-state index in [1.54, 1.807) is 5.56 Å². The molecule has 0 bridgehead atoms. The van der Waals surface area contributed by atoms with E-state index in [0.717, 1.165) is 0 Å². The van der Waals surface area contributed by atoms with Gasteiger partial charge in [0.15, 0.2) is 15.6 Å². The number of thiophene rings is 1. The van der Waals surface area contributed by atoms with E-state index in [4.69, 9.17) is 0 Å². The van der Waals surface area contributed by atoms with Gasteiger partial charge in [0.1, 0.15) is 17.5 Å². The lowest BCUT2D eigenvalue weighted by molar-refractivity contribution is -0.417. The highest BCUT2D eigenvalue weighted by Gasteiger charge is 2.39. The molecule has 1 aromatic heterocycles. The fourth-order valence-corrected chi connectivity index (χ4v) is 9.66. The van der Waals surface area contributed by atoms with Crippen molar-refractivity contribution in [3.63, 3.8) is 0 Å². The first-order chi connectivity index (χ1) is 19.3. The van der Waals surface area contributed by atoms with Crippen LogP contribution in [0.1, 0.15) is 117 Å². The second kappa shape index (κ2) is 9.62. The van der Waals surface area contributed by atoms with E-state index < -0.39 is 0 Å². The first-order valence-electron chi connectivity index (χ1n) is 15.5. The van der Waals surface area contributed by atoms with Gasteiger partial charge in [-0.25, -0.2) is 0 Å². The molecule has 1 spiro atoms. The van der Waals surface area contributed by atoms with Crippen LogP contribution < -0.4 is 0 Å². The molecule has 3 aliphatic rings. The SMILES string of the molecule is C=[N+]1C=Cc2c([s+][c-]3c(C4CCC5(CCCCC5)CC4)cccc23)[C-]1c1cc(C(C)(C)C)c2ccccc2c1C. The van der Waals surface area contributed by atoms with Crippen molar-refractivity contribution >= 4 is 45.0 Å². The third-order valence-corrected chi connectivity index (χ3v) is 11.8. The zero-order chi connectivity index (χ0) is 27.6. The van der Waals surface area contributed by atoms with Crippen LogP contribution in [0.5, 0.6) is 0 Å².